The highest BCUT2D eigenvalue weighted by Gasteiger charge is 2.17. The highest BCUT2D eigenvalue weighted by atomic mass is 16.6. The molecule has 0 aliphatic rings. The molecule has 0 fully saturated rings. The van der Waals surface area contributed by atoms with Crippen molar-refractivity contribution in [1.82, 2.24) is 10.2 Å². The molecule has 23 heavy (non-hydrogen) atoms. The SMILES string of the molecule is CCC=CCCCCCCCNC(=O)N(C)C(=O)OCCCC. The molecule has 0 saturated carbocycles. The average Bonchev–Trinajstić information content (AvgIpc) is 2.55. The maximum absolute atomic E-state index is 11.8. The molecule has 134 valence electrons. The second kappa shape index (κ2) is 15.4. The number of unbranched alkanes of at least 4 members (excludes halogenated alkanes) is 6. The number of nitrogens with one attached hydrogen (secondary N) is 1. The molecule has 0 aliphatic carbocycles. The Morgan fingerprint density at radius 2 is 1.70 bits per heavy atom. The summed E-state index contributed by atoms with van der Waals surface area (Å²) in [4.78, 5) is 24.3. The van der Waals surface area contributed by atoms with Crippen LogP contribution < -0.4 is 5.32 Å². The van der Waals surface area contributed by atoms with Crippen molar-refractivity contribution in [1.29, 1.82) is 0 Å². The Morgan fingerprint density at radius 1 is 1.00 bits per heavy atom. The van der Waals surface area contributed by atoms with Crippen LogP contribution in [0.5, 0.6) is 0 Å². The van der Waals surface area contributed by atoms with Gasteiger partial charge in [-0.2, -0.15) is 0 Å². The second-order valence-corrected chi connectivity index (χ2v) is 5.69. The Labute approximate surface area is 141 Å². The molecule has 0 aromatic carbocycles. The fourth-order valence-electron chi connectivity index (χ4n) is 2.00. The molecule has 0 rings (SSSR count). The van der Waals surface area contributed by atoms with Gasteiger partial charge in [0.15, 0.2) is 0 Å². The second-order valence-electron chi connectivity index (χ2n) is 5.69. The predicted octanol–water partition coefficient (Wildman–Crippen LogP) is 4.87. The molecule has 0 atom stereocenters. The highest BCUT2D eigenvalue weighted by Crippen LogP contribution is 2.06. The summed E-state index contributed by atoms with van der Waals surface area (Å²) >= 11 is 0. The third-order valence-electron chi connectivity index (χ3n) is 3.53. The number of nitrogens with zero attached hydrogens (tertiary/aromatic N) is 1. The van der Waals surface area contributed by atoms with Gasteiger partial charge in [0.25, 0.3) is 0 Å². The molecule has 3 amide bonds. The predicted molar refractivity (Wildman–Crippen MR) is 94.6 cm³/mol. The summed E-state index contributed by atoms with van der Waals surface area (Å²) in [7, 11) is 1.44. The van der Waals surface area contributed by atoms with E-state index in [9.17, 15) is 9.59 Å². The number of carbonyl (C=O) groups is 2. The van der Waals surface area contributed by atoms with Crippen LogP contribution >= 0.6 is 0 Å². The molecule has 0 unspecified atom stereocenters. The van der Waals surface area contributed by atoms with E-state index in [1.54, 1.807) is 0 Å². The summed E-state index contributed by atoms with van der Waals surface area (Å²) in [6.45, 7) is 5.13. The van der Waals surface area contributed by atoms with Gasteiger partial charge in [-0.05, 0) is 32.1 Å². The molecule has 0 radical (unpaired) electrons. The van der Waals surface area contributed by atoms with E-state index >= 15 is 0 Å². The van der Waals surface area contributed by atoms with Gasteiger partial charge in [0.1, 0.15) is 0 Å². The lowest BCUT2D eigenvalue weighted by atomic mass is 10.1. The van der Waals surface area contributed by atoms with Crippen molar-refractivity contribution in [3.05, 3.63) is 12.2 Å². The topological polar surface area (TPSA) is 58.6 Å². The molecular weight excluding hydrogens is 292 g/mol. The minimum atomic E-state index is -0.587. The highest BCUT2D eigenvalue weighted by molar-refractivity contribution is 5.90. The summed E-state index contributed by atoms with van der Waals surface area (Å²) in [6, 6.07) is -0.392. The first kappa shape index (κ1) is 21.5. The van der Waals surface area contributed by atoms with E-state index in [2.05, 4.69) is 24.4 Å². The van der Waals surface area contributed by atoms with Gasteiger partial charge in [0, 0.05) is 13.6 Å². The quantitative estimate of drug-likeness (QED) is 0.411. The molecule has 0 aromatic heterocycles. The van der Waals surface area contributed by atoms with Crippen LogP contribution in [-0.2, 0) is 4.74 Å². The minimum Gasteiger partial charge on any atom is -0.449 e. The Balaban J connectivity index is 3.54. The normalized spacial score (nSPS) is 10.7. The summed E-state index contributed by atoms with van der Waals surface area (Å²) in [6.07, 6.45) is 13.6. The molecule has 5 heteroatoms. The van der Waals surface area contributed by atoms with Crippen molar-refractivity contribution < 1.29 is 14.3 Å². The molecule has 0 heterocycles. The van der Waals surface area contributed by atoms with E-state index in [0.717, 1.165) is 43.4 Å². The summed E-state index contributed by atoms with van der Waals surface area (Å²) in [5, 5.41) is 2.75. The number of hydrogen-bond acceptors (Lipinski definition) is 3. The largest absolute Gasteiger partial charge is 0.449 e. The van der Waals surface area contributed by atoms with Gasteiger partial charge in [0.05, 0.1) is 6.61 Å². The smallest absolute Gasteiger partial charge is 0.417 e. The van der Waals surface area contributed by atoms with Crippen LogP contribution in [0.1, 0.15) is 71.6 Å². The van der Waals surface area contributed by atoms with Gasteiger partial charge < -0.3 is 10.1 Å². The molecule has 0 aliphatic heterocycles. The maximum atomic E-state index is 11.8. The number of imide groups is 1. The first-order valence-corrected chi connectivity index (χ1v) is 8.96. The monoisotopic (exact) mass is 326 g/mol. The number of hydrogen-bond donors (Lipinski definition) is 1. The van der Waals surface area contributed by atoms with Crippen LogP contribution in [0, 0.1) is 0 Å². The molecule has 5 nitrogen and oxygen atoms in total. The summed E-state index contributed by atoms with van der Waals surface area (Å²) in [5.74, 6) is 0. The van der Waals surface area contributed by atoms with Gasteiger partial charge in [0.2, 0.25) is 0 Å². The number of urea groups is 1. The van der Waals surface area contributed by atoms with Gasteiger partial charge in [-0.25, -0.2) is 14.5 Å². The Kier molecular flexibility index (Phi) is 14.4. The maximum Gasteiger partial charge on any atom is 0.417 e. The van der Waals surface area contributed by atoms with Crippen molar-refractivity contribution >= 4 is 12.1 Å². The molecule has 0 saturated heterocycles. The van der Waals surface area contributed by atoms with E-state index in [1.165, 1.54) is 26.3 Å². The average molecular weight is 326 g/mol. The minimum absolute atomic E-state index is 0.362. The van der Waals surface area contributed by atoms with Crippen LogP contribution in [0.3, 0.4) is 0 Å². The Morgan fingerprint density at radius 3 is 2.39 bits per heavy atom. The summed E-state index contributed by atoms with van der Waals surface area (Å²) in [5.41, 5.74) is 0. The molecule has 0 spiro atoms. The van der Waals surface area contributed by atoms with Crippen molar-refractivity contribution in [2.45, 2.75) is 71.6 Å². The Hall–Kier alpha value is -1.52. The first-order valence-electron chi connectivity index (χ1n) is 8.96. The molecule has 1 N–H and O–H groups in total. The fraction of sp³-hybridized carbons (Fsp3) is 0.778. The molecule has 0 bridgehead atoms. The van der Waals surface area contributed by atoms with E-state index in [0.29, 0.717) is 13.2 Å². The van der Waals surface area contributed by atoms with Gasteiger partial charge >= 0.3 is 12.1 Å². The van der Waals surface area contributed by atoms with Crippen molar-refractivity contribution in [3.8, 4) is 0 Å². The van der Waals surface area contributed by atoms with Crippen molar-refractivity contribution in [3.63, 3.8) is 0 Å². The van der Waals surface area contributed by atoms with Crippen molar-refractivity contribution in [2.24, 2.45) is 0 Å². The van der Waals surface area contributed by atoms with E-state index < -0.39 is 12.1 Å². The van der Waals surface area contributed by atoms with Crippen LogP contribution in [-0.4, -0.2) is 37.2 Å². The third-order valence-corrected chi connectivity index (χ3v) is 3.53. The van der Waals surface area contributed by atoms with Crippen LogP contribution in [0.2, 0.25) is 0 Å². The van der Waals surface area contributed by atoms with Gasteiger partial charge in [-0.3, -0.25) is 0 Å². The van der Waals surface area contributed by atoms with E-state index in [-0.39, 0.29) is 0 Å². The lowest BCUT2D eigenvalue weighted by Gasteiger charge is -2.16. The van der Waals surface area contributed by atoms with Gasteiger partial charge in [-0.1, -0.05) is 51.7 Å². The van der Waals surface area contributed by atoms with Gasteiger partial charge in [-0.15, -0.1) is 0 Å². The lowest BCUT2D eigenvalue weighted by Crippen LogP contribution is -2.41. The number of ether oxygens (including phenoxy) is 1. The molecular formula is C18H34N2O3. The van der Waals surface area contributed by atoms with E-state index in [4.69, 9.17) is 4.74 Å². The third kappa shape index (κ3) is 12.7. The summed E-state index contributed by atoms with van der Waals surface area (Å²) < 4.78 is 4.99. The number of rotatable bonds is 12. The lowest BCUT2D eigenvalue weighted by molar-refractivity contribution is 0.115. The Bertz CT molecular complexity index is 343. The van der Waals surface area contributed by atoms with Crippen LogP contribution in [0.15, 0.2) is 12.2 Å². The zero-order valence-electron chi connectivity index (χ0n) is 15.1. The number of amides is 3. The zero-order valence-corrected chi connectivity index (χ0v) is 15.1. The first-order chi connectivity index (χ1) is 11.1. The number of allylic oxidation sites excluding steroid dienone is 2. The van der Waals surface area contributed by atoms with Crippen molar-refractivity contribution in [2.75, 3.05) is 20.2 Å². The van der Waals surface area contributed by atoms with E-state index in [1.807, 2.05) is 6.92 Å². The number of carbonyl (C=O) groups excluding carboxylic acids is 2. The fourth-order valence-corrected chi connectivity index (χ4v) is 2.00. The zero-order chi connectivity index (χ0) is 17.3. The molecule has 0 aromatic rings. The van der Waals surface area contributed by atoms with Crippen LogP contribution in [0.25, 0.3) is 0 Å². The standard InChI is InChI=1S/C18H34N2O3/c1-4-6-8-9-10-11-12-13-14-15-19-17(21)20(3)18(22)23-16-7-5-2/h6,8H,4-5,7,9-16H2,1-3H3,(H,19,21). The van der Waals surface area contributed by atoms with Crippen LogP contribution in [0.4, 0.5) is 9.59 Å².